The van der Waals surface area contributed by atoms with Gasteiger partial charge in [0.1, 0.15) is 0 Å². The maximum atomic E-state index is 12.3. The van der Waals surface area contributed by atoms with Gasteiger partial charge in [-0.3, -0.25) is 9.10 Å². The van der Waals surface area contributed by atoms with Gasteiger partial charge in [-0.1, -0.05) is 0 Å². The quantitative estimate of drug-likeness (QED) is 0.666. The number of amides is 1. The third-order valence-electron chi connectivity index (χ3n) is 5.05. The molecule has 0 N–H and O–H groups in total. The molecule has 1 aliphatic rings. The lowest BCUT2D eigenvalue weighted by atomic mass is 10.2. The molecule has 8 heteroatoms. The Labute approximate surface area is 163 Å². The van der Waals surface area contributed by atoms with Crippen LogP contribution in [0.1, 0.15) is 20.3 Å². The van der Waals surface area contributed by atoms with Crippen molar-refractivity contribution in [3.63, 3.8) is 0 Å². The van der Waals surface area contributed by atoms with Gasteiger partial charge in [-0.25, -0.2) is 8.42 Å². The number of carbonyl (C=O) groups is 1. The van der Waals surface area contributed by atoms with Gasteiger partial charge in [0, 0.05) is 57.9 Å². The van der Waals surface area contributed by atoms with Crippen molar-refractivity contribution in [2.24, 2.45) is 0 Å². The van der Waals surface area contributed by atoms with Crippen LogP contribution in [0.5, 0.6) is 0 Å². The summed E-state index contributed by atoms with van der Waals surface area (Å²) in [5, 5.41) is 0. The Balaban J connectivity index is 2.09. The number of rotatable bonds is 8. The zero-order valence-electron chi connectivity index (χ0n) is 16.9. The lowest BCUT2D eigenvalue weighted by Gasteiger charge is -2.34. The predicted molar refractivity (Wildman–Crippen MR) is 111 cm³/mol. The third kappa shape index (κ3) is 5.84. The van der Waals surface area contributed by atoms with Crippen molar-refractivity contribution >= 4 is 27.3 Å². The highest BCUT2D eigenvalue weighted by molar-refractivity contribution is 7.92. The number of hydrogen-bond donors (Lipinski definition) is 0. The highest BCUT2D eigenvalue weighted by Crippen LogP contribution is 2.23. The van der Waals surface area contributed by atoms with E-state index >= 15 is 0 Å². The number of nitrogens with zero attached hydrogens (tertiary/aromatic N) is 4. The Morgan fingerprint density at radius 3 is 2.07 bits per heavy atom. The number of likely N-dealkylation sites (N-methyl/N-ethyl adjacent to an activating group) is 1. The van der Waals surface area contributed by atoms with Crippen LogP contribution in [-0.4, -0.2) is 83.2 Å². The number of carbonyl (C=O) groups excluding carboxylic acids is 1. The van der Waals surface area contributed by atoms with E-state index in [4.69, 9.17) is 0 Å². The standard InChI is InChI=1S/C19H32N4O3S/c1-5-21(6-2)19(24)11-12-23(27(4,25)26)18-9-7-17(8-10-18)22-15-13-20(3)14-16-22/h7-10H,5-6,11-16H2,1-4H3. The van der Waals surface area contributed by atoms with Gasteiger partial charge in [0.2, 0.25) is 15.9 Å². The average Bonchev–Trinajstić information content (AvgIpc) is 2.63. The molecule has 1 aliphatic heterocycles. The first kappa shape index (κ1) is 21.5. The van der Waals surface area contributed by atoms with E-state index in [-0.39, 0.29) is 18.9 Å². The summed E-state index contributed by atoms with van der Waals surface area (Å²) in [7, 11) is -1.34. The maximum Gasteiger partial charge on any atom is 0.232 e. The smallest absolute Gasteiger partial charge is 0.232 e. The zero-order valence-corrected chi connectivity index (χ0v) is 17.7. The molecule has 1 aromatic rings. The molecule has 1 amide bonds. The molecule has 0 aliphatic carbocycles. The van der Waals surface area contributed by atoms with Gasteiger partial charge in [-0.15, -0.1) is 0 Å². The second-order valence-corrected chi connectivity index (χ2v) is 8.86. The topological polar surface area (TPSA) is 64.2 Å². The number of piperazine rings is 1. The van der Waals surface area contributed by atoms with Crippen LogP contribution in [0.2, 0.25) is 0 Å². The van der Waals surface area contributed by atoms with E-state index in [1.165, 1.54) is 10.6 Å². The second kappa shape index (κ2) is 9.41. The number of sulfonamides is 1. The summed E-state index contributed by atoms with van der Waals surface area (Å²) in [6.07, 6.45) is 1.36. The molecule has 27 heavy (non-hydrogen) atoms. The molecule has 1 fully saturated rings. The van der Waals surface area contributed by atoms with Gasteiger partial charge in [0.25, 0.3) is 0 Å². The van der Waals surface area contributed by atoms with Crippen molar-refractivity contribution in [1.82, 2.24) is 9.80 Å². The molecule has 0 atom stereocenters. The van der Waals surface area contributed by atoms with Gasteiger partial charge in [0.15, 0.2) is 0 Å². The monoisotopic (exact) mass is 396 g/mol. The van der Waals surface area contributed by atoms with Crippen LogP contribution >= 0.6 is 0 Å². The van der Waals surface area contributed by atoms with E-state index in [9.17, 15) is 13.2 Å². The van der Waals surface area contributed by atoms with E-state index in [2.05, 4.69) is 16.8 Å². The Bertz CT molecular complexity index is 709. The van der Waals surface area contributed by atoms with Crippen LogP contribution in [0.25, 0.3) is 0 Å². The van der Waals surface area contributed by atoms with Gasteiger partial charge in [0.05, 0.1) is 11.9 Å². The molecule has 0 bridgehead atoms. The van der Waals surface area contributed by atoms with Crippen LogP contribution in [0.4, 0.5) is 11.4 Å². The second-order valence-electron chi connectivity index (χ2n) is 6.96. The third-order valence-corrected chi connectivity index (χ3v) is 6.25. The highest BCUT2D eigenvalue weighted by atomic mass is 32.2. The van der Waals surface area contributed by atoms with Crippen molar-refractivity contribution < 1.29 is 13.2 Å². The Morgan fingerprint density at radius 1 is 1.04 bits per heavy atom. The Morgan fingerprint density at radius 2 is 1.59 bits per heavy atom. The Hall–Kier alpha value is -1.80. The molecule has 1 heterocycles. The van der Waals surface area contributed by atoms with Crippen LogP contribution in [-0.2, 0) is 14.8 Å². The molecule has 0 spiro atoms. The maximum absolute atomic E-state index is 12.3. The van der Waals surface area contributed by atoms with E-state index in [0.717, 1.165) is 31.9 Å². The van der Waals surface area contributed by atoms with Crippen LogP contribution in [0.15, 0.2) is 24.3 Å². The minimum absolute atomic E-state index is 0.0253. The van der Waals surface area contributed by atoms with E-state index in [1.54, 1.807) is 4.90 Å². The van der Waals surface area contributed by atoms with Gasteiger partial charge in [-0.05, 0) is 45.2 Å². The first-order valence-electron chi connectivity index (χ1n) is 9.55. The molecule has 152 valence electrons. The molecule has 0 unspecified atom stereocenters. The fourth-order valence-electron chi connectivity index (χ4n) is 3.31. The lowest BCUT2D eigenvalue weighted by molar-refractivity contribution is -0.130. The summed E-state index contributed by atoms with van der Waals surface area (Å²) in [5.41, 5.74) is 1.70. The van der Waals surface area contributed by atoms with Crippen LogP contribution < -0.4 is 9.21 Å². The molecule has 0 saturated carbocycles. The predicted octanol–water partition coefficient (Wildman–Crippen LogP) is 1.46. The molecule has 2 rings (SSSR count). The first-order chi connectivity index (χ1) is 12.8. The van der Waals surface area contributed by atoms with Crippen molar-refractivity contribution in [3.8, 4) is 0 Å². The molecular formula is C19H32N4O3S. The molecule has 0 aromatic heterocycles. The van der Waals surface area contributed by atoms with Crippen molar-refractivity contribution in [1.29, 1.82) is 0 Å². The molecule has 1 aromatic carbocycles. The summed E-state index contributed by atoms with van der Waals surface area (Å²) in [5.74, 6) is -0.0253. The molecule has 7 nitrogen and oxygen atoms in total. The van der Waals surface area contributed by atoms with Crippen LogP contribution in [0, 0.1) is 0 Å². The summed E-state index contributed by atoms with van der Waals surface area (Å²) in [4.78, 5) is 18.6. The van der Waals surface area contributed by atoms with Gasteiger partial charge >= 0.3 is 0 Å². The summed E-state index contributed by atoms with van der Waals surface area (Å²) < 4.78 is 25.8. The SMILES string of the molecule is CCN(CC)C(=O)CCN(c1ccc(N2CCN(C)CC2)cc1)S(C)(=O)=O. The largest absolute Gasteiger partial charge is 0.369 e. The summed E-state index contributed by atoms with van der Waals surface area (Å²) >= 11 is 0. The number of anilines is 2. The summed E-state index contributed by atoms with van der Waals surface area (Å²) in [6, 6.07) is 7.59. The normalized spacial score (nSPS) is 15.6. The highest BCUT2D eigenvalue weighted by Gasteiger charge is 2.21. The summed E-state index contributed by atoms with van der Waals surface area (Å²) in [6.45, 7) is 9.23. The van der Waals surface area contributed by atoms with E-state index in [0.29, 0.717) is 18.8 Å². The minimum atomic E-state index is -3.46. The lowest BCUT2D eigenvalue weighted by Crippen LogP contribution is -2.44. The van der Waals surface area contributed by atoms with Gasteiger partial charge in [-0.2, -0.15) is 0 Å². The molecule has 0 radical (unpaired) electrons. The molecule has 1 saturated heterocycles. The minimum Gasteiger partial charge on any atom is -0.369 e. The number of hydrogen-bond acceptors (Lipinski definition) is 5. The fourth-order valence-corrected chi connectivity index (χ4v) is 4.24. The van der Waals surface area contributed by atoms with E-state index in [1.807, 2.05) is 38.1 Å². The molecular weight excluding hydrogens is 364 g/mol. The van der Waals surface area contributed by atoms with Crippen molar-refractivity contribution in [2.45, 2.75) is 20.3 Å². The Kier molecular flexibility index (Phi) is 7.49. The fraction of sp³-hybridized carbons (Fsp3) is 0.632. The van der Waals surface area contributed by atoms with Crippen molar-refractivity contribution in [3.05, 3.63) is 24.3 Å². The number of benzene rings is 1. The van der Waals surface area contributed by atoms with Gasteiger partial charge < -0.3 is 14.7 Å². The first-order valence-corrected chi connectivity index (χ1v) is 11.4. The zero-order chi connectivity index (χ0) is 20.0. The van der Waals surface area contributed by atoms with Crippen molar-refractivity contribution in [2.75, 3.05) is 68.3 Å². The van der Waals surface area contributed by atoms with Crippen LogP contribution in [0.3, 0.4) is 0 Å². The average molecular weight is 397 g/mol. The van der Waals surface area contributed by atoms with E-state index < -0.39 is 10.0 Å².